The monoisotopic (exact) mass is 593 g/mol. The molecule has 1 aliphatic heterocycles. The van der Waals surface area contributed by atoms with Gasteiger partial charge in [0.05, 0.1) is 12.9 Å². The number of thioether (sulfide) groups is 1. The van der Waals surface area contributed by atoms with E-state index in [-0.39, 0.29) is 17.0 Å². The van der Waals surface area contributed by atoms with Crippen molar-refractivity contribution in [2.45, 2.75) is 49.5 Å². The second-order valence-corrected chi connectivity index (χ2v) is 12.7. The Hall–Kier alpha value is -0.850. The van der Waals surface area contributed by atoms with Crippen LogP contribution in [0.4, 0.5) is 5.82 Å². The molecule has 2 aromatic rings. The summed E-state index contributed by atoms with van der Waals surface area (Å²) >= 11 is 1.35. The summed E-state index contributed by atoms with van der Waals surface area (Å²) in [6, 6.07) is 0. The highest BCUT2D eigenvalue weighted by Crippen LogP contribution is 2.65. The van der Waals surface area contributed by atoms with Crippen LogP contribution in [0.15, 0.2) is 11.5 Å². The van der Waals surface area contributed by atoms with Crippen LogP contribution in [-0.4, -0.2) is 70.2 Å². The van der Waals surface area contributed by atoms with Crippen molar-refractivity contribution in [3.8, 4) is 0 Å². The predicted octanol–water partition coefficient (Wildman–Crippen LogP) is -2.07. The SMILES string of the molecule is CCCCSc1nc(N)c2ncn(C3OC(COP(=O)(O)OP(=O)(O)O[P+]([O-])([O-])[O-])C(O)C3O)c2n1. The first-order valence-electron chi connectivity index (χ1n) is 10.0. The third-order valence-electron chi connectivity index (χ3n) is 4.58. The Balaban J connectivity index is 1.72. The molecule has 0 saturated carbocycles. The third-order valence-corrected chi connectivity index (χ3v) is 9.27. The van der Waals surface area contributed by atoms with Crippen LogP contribution in [0.5, 0.6) is 0 Å². The standard InChI is InChI=1S/C14H24N5O13P3S/c1-2-3-4-36-14-17-11(15)8-12(18-14)19(6-16-8)13-10(21)9(20)7(30-13)5-29-34(25,26)32-35(27,28)31-33(22,23)24/h6-7,9-10,13,20-21H,2-5H2,1H3,(H,25,26)(H,27,28)(H2,15,17,18)(H2,22,23,24)/p-2. The number of rotatable bonds is 12. The van der Waals surface area contributed by atoms with Gasteiger partial charge in [0.15, 0.2) is 22.8 Å². The van der Waals surface area contributed by atoms with Crippen molar-refractivity contribution in [2.75, 3.05) is 18.1 Å². The third kappa shape index (κ3) is 7.60. The summed E-state index contributed by atoms with van der Waals surface area (Å²) in [5.74, 6) is 0.799. The van der Waals surface area contributed by atoms with Crippen molar-refractivity contribution in [2.24, 2.45) is 0 Å². The van der Waals surface area contributed by atoms with Gasteiger partial charge in [-0.1, -0.05) is 25.1 Å². The lowest BCUT2D eigenvalue weighted by Crippen LogP contribution is -2.34. The van der Waals surface area contributed by atoms with Crippen LogP contribution in [0.2, 0.25) is 0 Å². The molecule has 3 heterocycles. The maximum absolute atomic E-state index is 11.9. The van der Waals surface area contributed by atoms with Gasteiger partial charge in [-0.15, -0.1) is 4.31 Å². The van der Waals surface area contributed by atoms with Crippen LogP contribution < -0.4 is 20.4 Å². The van der Waals surface area contributed by atoms with E-state index < -0.39 is 55.0 Å². The molecule has 0 aromatic carbocycles. The van der Waals surface area contributed by atoms with Crippen molar-refractivity contribution >= 4 is 52.6 Å². The molecule has 1 saturated heterocycles. The summed E-state index contributed by atoms with van der Waals surface area (Å²) in [4.78, 5) is 62.6. The molecule has 0 bridgehead atoms. The summed E-state index contributed by atoms with van der Waals surface area (Å²) in [5.41, 5.74) is 6.32. The summed E-state index contributed by atoms with van der Waals surface area (Å²) < 4.78 is 41.4. The van der Waals surface area contributed by atoms with E-state index >= 15 is 0 Å². The Morgan fingerprint density at radius 1 is 1.22 bits per heavy atom. The average molecular weight is 593 g/mol. The Labute approximate surface area is 207 Å². The van der Waals surface area contributed by atoms with Crippen molar-refractivity contribution in [3.63, 3.8) is 0 Å². The number of ether oxygens (including phenoxy) is 1. The van der Waals surface area contributed by atoms with Crippen molar-refractivity contribution < 1.29 is 61.7 Å². The number of hydrogen-bond donors (Lipinski definition) is 5. The van der Waals surface area contributed by atoms with E-state index in [9.17, 15) is 38.9 Å². The lowest BCUT2D eigenvalue weighted by molar-refractivity contribution is -0.450. The number of unbranched alkanes of at least 4 members (excludes halogenated alkanes) is 1. The second kappa shape index (κ2) is 11.5. The summed E-state index contributed by atoms with van der Waals surface area (Å²) in [6.45, 7) is 1.03. The smallest absolute Gasteiger partial charge is 0.513 e. The number of phosphoric ester groups is 1. The molecule has 0 amide bonds. The quantitative estimate of drug-likeness (QED) is 0.0764. The fourth-order valence-electron chi connectivity index (χ4n) is 3.04. The van der Waals surface area contributed by atoms with E-state index in [0.717, 1.165) is 18.6 Å². The van der Waals surface area contributed by atoms with Gasteiger partial charge < -0.3 is 45.2 Å². The number of phosphoric acid groups is 3. The van der Waals surface area contributed by atoms with E-state index in [1.165, 1.54) is 22.7 Å². The van der Waals surface area contributed by atoms with Crippen LogP contribution in [0, 0.1) is 0 Å². The average Bonchev–Trinajstić information content (AvgIpc) is 3.26. The molecule has 6 N–H and O–H groups in total. The normalized spacial score (nSPS) is 26.2. The highest BCUT2D eigenvalue weighted by atomic mass is 32.2. The van der Waals surface area contributed by atoms with Gasteiger partial charge in [-0.05, 0) is 6.42 Å². The number of aliphatic hydroxyl groups excluding tert-OH is 2. The van der Waals surface area contributed by atoms with Crippen LogP contribution in [0.25, 0.3) is 11.2 Å². The van der Waals surface area contributed by atoms with Gasteiger partial charge >= 0.3 is 15.6 Å². The number of hydrogen-bond acceptors (Lipinski definition) is 16. The Morgan fingerprint density at radius 2 is 1.92 bits per heavy atom. The lowest BCUT2D eigenvalue weighted by atomic mass is 10.1. The zero-order valence-electron chi connectivity index (χ0n) is 18.3. The van der Waals surface area contributed by atoms with E-state index in [1.54, 1.807) is 0 Å². The van der Waals surface area contributed by atoms with E-state index in [0.29, 0.717) is 5.16 Å². The van der Waals surface area contributed by atoms with Crippen LogP contribution in [0.1, 0.15) is 26.0 Å². The van der Waals surface area contributed by atoms with E-state index in [2.05, 4.69) is 28.1 Å². The number of anilines is 1. The molecule has 0 spiro atoms. The summed E-state index contributed by atoms with van der Waals surface area (Å²) in [5, 5.41) is 21.2. The van der Waals surface area contributed by atoms with Crippen molar-refractivity contribution in [1.82, 2.24) is 19.5 Å². The van der Waals surface area contributed by atoms with Crippen molar-refractivity contribution in [1.29, 1.82) is 0 Å². The largest absolute Gasteiger partial charge is 0.663 e. The maximum atomic E-state index is 11.9. The molecule has 0 radical (unpaired) electrons. The van der Waals surface area contributed by atoms with E-state index in [4.69, 9.17) is 15.4 Å². The van der Waals surface area contributed by atoms with Gasteiger partial charge in [0.2, 0.25) is 0 Å². The molecule has 204 valence electrons. The molecular formula is C14H22N5O13P3S-2. The van der Waals surface area contributed by atoms with Gasteiger partial charge in [0.1, 0.15) is 23.8 Å². The summed E-state index contributed by atoms with van der Waals surface area (Å²) in [7, 11) is -17.4. The molecule has 18 nitrogen and oxygen atoms in total. The molecule has 0 aliphatic carbocycles. The minimum atomic E-state index is -6.06. The van der Waals surface area contributed by atoms with Gasteiger partial charge in [0.25, 0.3) is 0 Å². The zero-order chi connectivity index (χ0) is 26.9. The van der Waals surface area contributed by atoms with Gasteiger partial charge in [-0.2, -0.15) is 4.31 Å². The number of fused-ring (bicyclic) bond motifs is 1. The minimum absolute atomic E-state index is 0.0698. The number of aliphatic hydroxyl groups is 2. The topological polar surface area (TPSA) is 291 Å². The number of nitrogens with two attached hydrogens (primary N) is 1. The van der Waals surface area contributed by atoms with E-state index in [1.807, 2.05) is 6.92 Å². The molecule has 3 rings (SSSR count). The Kier molecular flexibility index (Phi) is 9.48. The van der Waals surface area contributed by atoms with Gasteiger partial charge in [-0.3, -0.25) is 9.09 Å². The summed E-state index contributed by atoms with van der Waals surface area (Å²) in [6.07, 6.45) is -3.05. The van der Waals surface area contributed by atoms with Crippen molar-refractivity contribution in [3.05, 3.63) is 6.33 Å². The Morgan fingerprint density at radius 3 is 2.56 bits per heavy atom. The number of aromatic nitrogens is 4. The Bertz CT molecular complexity index is 1170. The highest BCUT2D eigenvalue weighted by Gasteiger charge is 2.46. The highest BCUT2D eigenvalue weighted by molar-refractivity contribution is 7.99. The molecule has 22 heteroatoms. The molecule has 36 heavy (non-hydrogen) atoms. The molecule has 2 aromatic heterocycles. The van der Waals surface area contributed by atoms with Crippen LogP contribution >= 0.6 is 35.6 Å². The first-order chi connectivity index (χ1) is 16.6. The second-order valence-electron chi connectivity index (χ2n) is 7.31. The molecule has 6 atom stereocenters. The van der Waals surface area contributed by atoms with Crippen LogP contribution in [0.3, 0.4) is 0 Å². The first kappa shape index (κ1) is 29.7. The fourth-order valence-corrected chi connectivity index (χ4v) is 6.93. The number of nitrogens with zero attached hydrogens (tertiary/aromatic N) is 4. The number of nitrogen functional groups attached to an aromatic ring is 1. The van der Waals surface area contributed by atoms with Crippen LogP contribution in [-0.2, 0) is 27.0 Å². The van der Waals surface area contributed by atoms with Gasteiger partial charge in [0, 0.05) is 13.9 Å². The molecule has 6 unspecified atom stereocenters. The fraction of sp³-hybridized carbons (Fsp3) is 0.643. The maximum Gasteiger partial charge on any atom is 0.513 e. The zero-order valence-corrected chi connectivity index (χ0v) is 21.8. The lowest BCUT2D eigenvalue weighted by Gasteiger charge is -2.37. The first-order valence-corrected chi connectivity index (χ1v) is 15.5. The number of imidazole rings is 1. The predicted molar refractivity (Wildman–Crippen MR) is 116 cm³/mol. The molecule has 1 aliphatic rings. The molecular weight excluding hydrogens is 571 g/mol. The van der Waals surface area contributed by atoms with Gasteiger partial charge in [-0.25, -0.2) is 24.1 Å². The minimum Gasteiger partial charge on any atom is -0.663 e. The molecule has 1 fully saturated rings.